The summed E-state index contributed by atoms with van der Waals surface area (Å²) in [6, 6.07) is 9.34. The molecule has 0 unspecified atom stereocenters. The third-order valence-corrected chi connectivity index (χ3v) is 4.01. The lowest BCUT2D eigenvalue weighted by molar-refractivity contribution is 0.0998. The molecule has 0 bridgehead atoms. The Labute approximate surface area is 130 Å². The number of anilines is 1. The molecule has 0 radical (unpaired) electrons. The zero-order valence-corrected chi connectivity index (χ0v) is 13.2. The number of fused-ring (bicyclic) bond motifs is 1. The zero-order valence-electron chi connectivity index (χ0n) is 11.6. The van der Waals surface area contributed by atoms with Crippen molar-refractivity contribution in [3.8, 4) is 0 Å². The molecule has 0 saturated heterocycles. The van der Waals surface area contributed by atoms with E-state index in [-0.39, 0.29) is 11.7 Å². The van der Waals surface area contributed by atoms with E-state index in [1.54, 1.807) is 18.3 Å². The number of aryl methyl sites for hydroxylation is 2. The summed E-state index contributed by atoms with van der Waals surface area (Å²) in [5.74, 6) is 0.466. The van der Waals surface area contributed by atoms with Crippen LogP contribution in [0.25, 0.3) is 11.0 Å². The minimum Gasteiger partial charge on any atom is -0.451 e. The molecule has 0 atom stereocenters. The number of hydrogen-bond acceptors (Lipinski definition) is 3. The Morgan fingerprint density at radius 3 is 2.81 bits per heavy atom. The molecule has 3 aromatic rings. The first-order valence-corrected chi connectivity index (χ1v) is 7.26. The Bertz CT molecular complexity index is 839. The Balaban J connectivity index is 1.87. The first-order chi connectivity index (χ1) is 10.0. The van der Waals surface area contributed by atoms with Gasteiger partial charge in [0.1, 0.15) is 11.4 Å². The molecule has 0 spiro atoms. The Kier molecular flexibility index (Phi) is 3.51. The van der Waals surface area contributed by atoms with E-state index in [1.165, 1.54) is 0 Å². The highest BCUT2D eigenvalue weighted by molar-refractivity contribution is 9.10. The Morgan fingerprint density at radius 2 is 2.05 bits per heavy atom. The zero-order chi connectivity index (χ0) is 15.0. The van der Waals surface area contributed by atoms with E-state index >= 15 is 0 Å². The van der Waals surface area contributed by atoms with Gasteiger partial charge in [-0.3, -0.25) is 4.79 Å². The number of nitrogens with zero attached hydrogens (tertiary/aromatic N) is 1. The van der Waals surface area contributed by atoms with Crippen molar-refractivity contribution in [3.05, 3.63) is 57.9 Å². The summed E-state index contributed by atoms with van der Waals surface area (Å²) in [5, 5.41) is 3.65. The lowest BCUT2D eigenvalue weighted by Crippen LogP contribution is -2.12. The van der Waals surface area contributed by atoms with Crippen molar-refractivity contribution in [3.63, 3.8) is 0 Å². The number of benzene rings is 1. The van der Waals surface area contributed by atoms with Crippen LogP contribution in [-0.4, -0.2) is 10.9 Å². The van der Waals surface area contributed by atoms with Crippen molar-refractivity contribution < 1.29 is 9.21 Å². The van der Waals surface area contributed by atoms with Gasteiger partial charge in [-0.05, 0) is 59.6 Å². The van der Waals surface area contributed by atoms with Crippen molar-refractivity contribution in [2.45, 2.75) is 13.8 Å². The van der Waals surface area contributed by atoms with Crippen LogP contribution in [0.2, 0.25) is 0 Å². The van der Waals surface area contributed by atoms with Crippen LogP contribution in [0.4, 0.5) is 5.82 Å². The van der Waals surface area contributed by atoms with Gasteiger partial charge >= 0.3 is 0 Å². The number of furan rings is 1. The van der Waals surface area contributed by atoms with Crippen molar-refractivity contribution in [2.24, 2.45) is 0 Å². The summed E-state index contributed by atoms with van der Waals surface area (Å²) < 4.78 is 6.46. The van der Waals surface area contributed by atoms with Gasteiger partial charge in [0, 0.05) is 16.1 Å². The number of aromatic nitrogens is 1. The van der Waals surface area contributed by atoms with E-state index in [0.29, 0.717) is 11.4 Å². The Morgan fingerprint density at radius 1 is 1.24 bits per heavy atom. The summed E-state index contributed by atoms with van der Waals surface area (Å²) >= 11 is 3.38. The molecule has 3 rings (SSSR count). The second kappa shape index (κ2) is 5.33. The van der Waals surface area contributed by atoms with Gasteiger partial charge in [0.15, 0.2) is 5.76 Å². The third-order valence-electron chi connectivity index (χ3n) is 3.18. The molecule has 1 amide bonds. The molecular formula is C16H13BrN2O2. The van der Waals surface area contributed by atoms with Crippen LogP contribution < -0.4 is 5.32 Å². The lowest BCUT2D eigenvalue weighted by Gasteiger charge is -2.04. The van der Waals surface area contributed by atoms with Crippen molar-refractivity contribution in [1.82, 2.24) is 4.98 Å². The molecule has 0 fully saturated rings. The van der Waals surface area contributed by atoms with Crippen LogP contribution >= 0.6 is 15.9 Å². The molecule has 0 saturated carbocycles. The first-order valence-electron chi connectivity index (χ1n) is 6.46. The maximum absolute atomic E-state index is 12.2. The molecule has 0 aliphatic carbocycles. The second-order valence-corrected chi connectivity index (χ2v) is 5.78. The highest BCUT2D eigenvalue weighted by Crippen LogP contribution is 2.22. The lowest BCUT2D eigenvalue weighted by atomic mass is 10.2. The van der Waals surface area contributed by atoms with Gasteiger partial charge < -0.3 is 9.73 Å². The molecular weight excluding hydrogens is 332 g/mol. The van der Waals surface area contributed by atoms with Gasteiger partial charge in [-0.25, -0.2) is 4.98 Å². The normalized spacial score (nSPS) is 10.8. The van der Waals surface area contributed by atoms with Crippen LogP contribution in [0, 0.1) is 13.8 Å². The fourth-order valence-electron chi connectivity index (χ4n) is 2.06. The maximum Gasteiger partial charge on any atom is 0.292 e. The second-order valence-electron chi connectivity index (χ2n) is 4.92. The van der Waals surface area contributed by atoms with Crippen molar-refractivity contribution >= 4 is 38.6 Å². The number of nitrogens with one attached hydrogen (secondary N) is 1. The minimum absolute atomic E-state index is 0.276. The average Bonchev–Trinajstić information content (AvgIpc) is 2.86. The minimum atomic E-state index is -0.307. The molecule has 4 nitrogen and oxygen atoms in total. The molecule has 1 aromatic carbocycles. The Hall–Kier alpha value is -2.14. The van der Waals surface area contributed by atoms with Crippen LogP contribution in [0.15, 0.2) is 45.4 Å². The van der Waals surface area contributed by atoms with Crippen molar-refractivity contribution in [2.75, 3.05) is 5.32 Å². The number of hydrogen-bond donors (Lipinski definition) is 1. The van der Waals surface area contributed by atoms with Gasteiger partial charge in [0.2, 0.25) is 0 Å². The number of carbonyl (C=O) groups excluding carboxylic acids is 1. The highest BCUT2D eigenvalue weighted by atomic mass is 79.9. The number of amides is 1. The highest BCUT2D eigenvalue weighted by Gasteiger charge is 2.13. The van der Waals surface area contributed by atoms with Gasteiger partial charge in [0.25, 0.3) is 5.91 Å². The van der Waals surface area contributed by atoms with Crippen LogP contribution in [0.1, 0.15) is 21.7 Å². The summed E-state index contributed by atoms with van der Waals surface area (Å²) in [4.78, 5) is 16.4. The van der Waals surface area contributed by atoms with Crippen LogP contribution in [-0.2, 0) is 0 Å². The molecule has 0 aliphatic heterocycles. The third kappa shape index (κ3) is 2.83. The van der Waals surface area contributed by atoms with Crippen molar-refractivity contribution in [1.29, 1.82) is 0 Å². The molecule has 0 aliphatic rings. The number of carbonyl (C=O) groups is 1. The molecule has 5 heteroatoms. The van der Waals surface area contributed by atoms with E-state index in [4.69, 9.17) is 4.42 Å². The smallest absolute Gasteiger partial charge is 0.292 e. The molecule has 1 N–H and O–H groups in total. The van der Waals surface area contributed by atoms with Gasteiger partial charge in [-0.15, -0.1) is 0 Å². The van der Waals surface area contributed by atoms with Crippen LogP contribution in [0.5, 0.6) is 0 Å². The fourth-order valence-corrected chi connectivity index (χ4v) is 2.28. The summed E-state index contributed by atoms with van der Waals surface area (Å²) in [6.45, 7) is 3.94. The van der Waals surface area contributed by atoms with Gasteiger partial charge in [-0.1, -0.05) is 11.6 Å². The van der Waals surface area contributed by atoms with E-state index < -0.39 is 0 Å². The fraction of sp³-hybridized carbons (Fsp3) is 0.125. The predicted octanol–water partition coefficient (Wildman–Crippen LogP) is 4.46. The SMILES string of the molecule is Cc1ccc2oc(C(=O)Nc3cc(C)c(Br)cn3)cc2c1. The van der Waals surface area contributed by atoms with E-state index in [2.05, 4.69) is 26.2 Å². The summed E-state index contributed by atoms with van der Waals surface area (Å²) in [5.41, 5.74) is 2.83. The van der Waals surface area contributed by atoms with Gasteiger partial charge in [0.05, 0.1) is 0 Å². The molecule has 2 heterocycles. The quantitative estimate of drug-likeness (QED) is 0.746. The molecule has 2 aromatic heterocycles. The number of pyridine rings is 1. The van der Waals surface area contributed by atoms with Crippen LogP contribution in [0.3, 0.4) is 0 Å². The number of halogens is 1. The largest absolute Gasteiger partial charge is 0.451 e. The van der Waals surface area contributed by atoms with Gasteiger partial charge in [-0.2, -0.15) is 0 Å². The van der Waals surface area contributed by atoms with E-state index in [0.717, 1.165) is 21.0 Å². The van der Waals surface area contributed by atoms with E-state index in [1.807, 2.05) is 32.0 Å². The molecule has 106 valence electrons. The monoisotopic (exact) mass is 344 g/mol. The van der Waals surface area contributed by atoms with E-state index in [9.17, 15) is 4.79 Å². The average molecular weight is 345 g/mol. The molecule has 21 heavy (non-hydrogen) atoms. The predicted molar refractivity (Wildman–Crippen MR) is 85.6 cm³/mol. The standard InChI is InChI=1S/C16H13BrN2O2/c1-9-3-4-13-11(5-9)7-14(21-13)16(20)19-15-6-10(2)12(17)8-18-15/h3-8H,1-2H3,(H,18,19,20). The topological polar surface area (TPSA) is 55.1 Å². The maximum atomic E-state index is 12.2. The first kappa shape index (κ1) is 13.8. The number of rotatable bonds is 2. The summed E-state index contributed by atoms with van der Waals surface area (Å²) in [7, 11) is 0. The summed E-state index contributed by atoms with van der Waals surface area (Å²) in [6.07, 6.45) is 1.66.